The van der Waals surface area contributed by atoms with Crippen molar-refractivity contribution >= 4 is 5.97 Å². The minimum atomic E-state index is -0.875. The molecule has 0 radical (unpaired) electrons. The quantitative estimate of drug-likeness (QED) is 0.922. The third-order valence-electron chi connectivity index (χ3n) is 6.05. The Morgan fingerprint density at radius 1 is 1.33 bits per heavy atom. The van der Waals surface area contributed by atoms with E-state index >= 15 is 0 Å². The first kappa shape index (κ1) is 13.2. The Bertz CT molecular complexity index is 582. The fourth-order valence-corrected chi connectivity index (χ4v) is 5.89. The number of aliphatic carboxylic acids is 1. The molecule has 3 unspecified atom stereocenters. The summed E-state index contributed by atoms with van der Waals surface area (Å²) in [5.74, 6) is 1.47. The molecule has 0 aliphatic heterocycles. The van der Waals surface area contributed by atoms with Gasteiger partial charge in [-0.1, -0.05) is 6.92 Å². The summed E-state index contributed by atoms with van der Waals surface area (Å²) in [5.41, 5.74) is 0.402. The molecule has 6 nitrogen and oxygen atoms in total. The fraction of sp³-hybridized carbons (Fsp3) is 0.867. The molecule has 3 atom stereocenters. The molecule has 4 aliphatic carbocycles. The maximum atomic E-state index is 11.3. The van der Waals surface area contributed by atoms with Gasteiger partial charge in [0.2, 0.25) is 0 Å². The van der Waals surface area contributed by atoms with Crippen LogP contribution in [0.5, 0.6) is 0 Å². The minimum Gasteiger partial charge on any atom is -0.480 e. The van der Waals surface area contributed by atoms with Crippen LogP contribution in [0.4, 0.5) is 0 Å². The molecule has 0 amide bonds. The van der Waals surface area contributed by atoms with Crippen molar-refractivity contribution in [1.82, 2.24) is 20.2 Å². The van der Waals surface area contributed by atoms with E-state index in [1.54, 1.807) is 11.6 Å². The predicted octanol–water partition coefficient (Wildman–Crippen LogP) is 2.18. The number of nitrogens with zero attached hydrogens (tertiary/aromatic N) is 4. The number of hydrogen-bond acceptors (Lipinski definition) is 4. The lowest BCUT2D eigenvalue weighted by Crippen LogP contribution is -2.54. The van der Waals surface area contributed by atoms with Gasteiger partial charge in [-0.15, -0.1) is 5.10 Å². The minimum absolute atomic E-state index is 0.00600. The molecular formula is C15H22N4O2. The second-order valence-electron chi connectivity index (χ2n) is 8.01. The summed E-state index contributed by atoms with van der Waals surface area (Å²) in [6.07, 6.45) is 7.35. The van der Waals surface area contributed by atoms with Gasteiger partial charge >= 0.3 is 5.97 Å². The zero-order valence-electron chi connectivity index (χ0n) is 12.6. The summed E-state index contributed by atoms with van der Waals surface area (Å²) in [5, 5.41) is 21.4. The van der Waals surface area contributed by atoms with Crippen molar-refractivity contribution in [3.63, 3.8) is 0 Å². The standard InChI is InChI=1S/C15H22N4O2/c1-9(12(20)21)19-13(16-17-18-19)15-6-10-3-11(7-15)5-14(2,4-10)8-15/h9-11H,3-8H2,1-2H3,(H,20,21). The van der Waals surface area contributed by atoms with E-state index in [4.69, 9.17) is 0 Å². The van der Waals surface area contributed by atoms with Crippen molar-refractivity contribution < 1.29 is 9.90 Å². The molecular weight excluding hydrogens is 268 g/mol. The lowest BCUT2D eigenvalue weighted by Gasteiger charge is -2.60. The molecule has 1 aromatic rings. The number of rotatable bonds is 3. The van der Waals surface area contributed by atoms with Gasteiger partial charge < -0.3 is 5.11 Å². The van der Waals surface area contributed by atoms with E-state index in [-0.39, 0.29) is 5.41 Å². The first-order valence-corrected chi connectivity index (χ1v) is 7.92. The highest BCUT2D eigenvalue weighted by Gasteiger charge is 2.58. The summed E-state index contributed by atoms with van der Waals surface area (Å²) in [6, 6.07) is -0.698. The lowest BCUT2D eigenvalue weighted by molar-refractivity contribution is -0.141. The Kier molecular flexibility index (Phi) is 2.55. The molecule has 0 saturated heterocycles. The van der Waals surface area contributed by atoms with Crippen LogP contribution in [-0.4, -0.2) is 31.3 Å². The highest BCUT2D eigenvalue weighted by atomic mass is 16.4. The van der Waals surface area contributed by atoms with E-state index in [1.807, 2.05) is 0 Å². The normalized spacial score (nSPS) is 42.2. The van der Waals surface area contributed by atoms with Gasteiger partial charge in [-0.2, -0.15) is 0 Å². The van der Waals surface area contributed by atoms with Crippen molar-refractivity contribution in [1.29, 1.82) is 0 Å². The zero-order chi connectivity index (χ0) is 14.8. The average Bonchev–Trinajstić information content (AvgIpc) is 2.84. The highest BCUT2D eigenvalue weighted by molar-refractivity contribution is 5.71. The monoisotopic (exact) mass is 290 g/mol. The Morgan fingerprint density at radius 3 is 2.57 bits per heavy atom. The Balaban J connectivity index is 1.77. The largest absolute Gasteiger partial charge is 0.480 e. The second-order valence-corrected chi connectivity index (χ2v) is 8.01. The van der Waals surface area contributed by atoms with Crippen LogP contribution in [-0.2, 0) is 10.2 Å². The average molecular weight is 290 g/mol. The van der Waals surface area contributed by atoms with E-state index in [9.17, 15) is 9.90 Å². The van der Waals surface area contributed by atoms with Crippen molar-refractivity contribution in [2.75, 3.05) is 0 Å². The molecule has 1 N–H and O–H groups in total. The lowest BCUT2D eigenvalue weighted by atomic mass is 9.44. The molecule has 0 aromatic carbocycles. The molecule has 5 rings (SSSR count). The summed E-state index contributed by atoms with van der Waals surface area (Å²) in [7, 11) is 0. The van der Waals surface area contributed by atoms with Gasteiger partial charge in [0.15, 0.2) is 5.82 Å². The molecule has 1 aromatic heterocycles. The van der Waals surface area contributed by atoms with Crippen LogP contribution in [0.25, 0.3) is 0 Å². The van der Waals surface area contributed by atoms with E-state index in [1.165, 1.54) is 19.3 Å². The third-order valence-corrected chi connectivity index (χ3v) is 6.05. The highest BCUT2D eigenvalue weighted by Crippen LogP contribution is 2.65. The smallest absolute Gasteiger partial charge is 0.328 e. The Labute approximate surface area is 123 Å². The maximum absolute atomic E-state index is 11.3. The van der Waals surface area contributed by atoms with Crippen LogP contribution in [0.2, 0.25) is 0 Å². The van der Waals surface area contributed by atoms with Crippen LogP contribution < -0.4 is 0 Å². The molecule has 0 spiro atoms. The number of tetrazole rings is 1. The van der Waals surface area contributed by atoms with Crippen molar-refractivity contribution in [2.45, 2.75) is 63.8 Å². The molecule has 4 saturated carbocycles. The third kappa shape index (κ3) is 1.84. The van der Waals surface area contributed by atoms with E-state index < -0.39 is 12.0 Å². The van der Waals surface area contributed by atoms with Crippen molar-refractivity contribution in [3.8, 4) is 0 Å². The first-order chi connectivity index (χ1) is 9.91. The molecule has 4 aliphatic rings. The van der Waals surface area contributed by atoms with Crippen LogP contribution in [0.1, 0.15) is 64.2 Å². The molecule has 1 heterocycles. The van der Waals surface area contributed by atoms with Crippen molar-refractivity contribution in [2.24, 2.45) is 17.3 Å². The fourth-order valence-electron chi connectivity index (χ4n) is 5.89. The molecule has 4 fully saturated rings. The van der Waals surface area contributed by atoms with Gasteiger partial charge in [0.25, 0.3) is 0 Å². The molecule has 6 heteroatoms. The summed E-state index contributed by atoms with van der Waals surface area (Å²) >= 11 is 0. The first-order valence-electron chi connectivity index (χ1n) is 7.92. The van der Waals surface area contributed by atoms with Gasteiger partial charge in [0, 0.05) is 5.41 Å². The number of carboxylic acid groups (broad SMARTS) is 1. The maximum Gasteiger partial charge on any atom is 0.328 e. The summed E-state index contributed by atoms with van der Waals surface area (Å²) in [4.78, 5) is 11.3. The van der Waals surface area contributed by atoms with E-state index in [0.717, 1.165) is 36.9 Å². The number of aromatic nitrogens is 4. The molecule has 4 bridgehead atoms. The van der Waals surface area contributed by atoms with Crippen molar-refractivity contribution in [3.05, 3.63) is 5.82 Å². The van der Waals surface area contributed by atoms with E-state index in [0.29, 0.717) is 5.41 Å². The van der Waals surface area contributed by atoms with Gasteiger partial charge in [-0.05, 0) is 73.1 Å². The van der Waals surface area contributed by atoms with Crippen LogP contribution >= 0.6 is 0 Å². The van der Waals surface area contributed by atoms with Gasteiger partial charge in [0.1, 0.15) is 6.04 Å². The number of carboxylic acids is 1. The van der Waals surface area contributed by atoms with Crippen LogP contribution in [0, 0.1) is 17.3 Å². The predicted molar refractivity (Wildman–Crippen MR) is 74.6 cm³/mol. The zero-order valence-corrected chi connectivity index (χ0v) is 12.6. The van der Waals surface area contributed by atoms with Gasteiger partial charge in [0.05, 0.1) is 0 Å². The van der Waals surface area contributed by atoms with Crippen LogP contribution in [0.15, 0.2) is 0 Å². The number of carbonyl (C=O) groups is 1. The SMILES string of the molecule is CC(C(=O)O)n1nnnc1C12CC3CC(CC(C)(C3)C1)C2. The van der Waals surface area contributed by atoms with Gasteiger partial charge in [-0.3, -0.25) is 0 Å². The topological polar surface area (TPSA) is 80.9 Å². The van der Waals surface area contributed by atoms with Crippen LogP contribution in [0.3, 0.4) is 0 Å². The molecule has 21 heavy (non-hydrogen) atoms. The Morgan fingerprint density at radius 2 is 2.00 bits per heavy atom. The van der Waals surface area contributed by atoms with Gasteiger partial charge in [-0.25, -0.2) is 9.48 Å². The second kappa shape index (κ2) is 4.05. The molecule has 114 valence electrons. The number of hydrogen-bond donors (Lipinski definition) is 1. The summed E-state index contributed by atoms with van der Waals surface area (Å²) < 4.78 is 1.55. The summed E-state index contributed by atoms with van der Waals surface area (Å²) in [6.45, 7) is 4.05. The Hall–Kier alpha value is -1.46. The van der Waals surface area contributed by atoms with E-state index in [2.05, 4.69) is 22.4 Å².